The number of rotatable bonds is 2. The predicted molar refractivity (Wildman–Crippen MR) is 82.3 cm³/mol. The zero-order valence-corrected chi connectivity index (χ0v) is 11.7. The lowest BCUT2D eigenvalue weighted by molar-refractivity contribution is 0.348. The molecule has 0 heterocycles. The van der Waals surface area contributed by atoms with Crippen LogP contribution >= 0.6 is 0 Å². The molecule has 0 aromatic heterocycles. The average Bonchev–Trinajstić information content (AvgIpc) is 2.49. The van der Waals surface area contributed by atoms with Crippen molar-refractivity contribution in [2.45, 2.75) is 38.5 Å². The minimum Gasteiger partial charge on any atom is -0.0625 e. The third kappa shape index (κ3) is 2.73. The van der Waals surface area contributed by atoms with Gasteiger partial charge in [-0.2, -0.15) is 0 Å². The van der Waals surface area contributed by atoms with Crippen molar-refractivity contribution in [1.29, 1.82) is 0 Å². The Morgan fingerprint density at radius 3 is 2.11 bits per heavy atom. The lowest BCUT2D eigenvalue weighted by Gasteiger charge is -2.28. The van der Waals surface area contributed by atoms with E-state index in [1.165, 1.54) is 36.8 Å². The van der Waals surface area contributed by atoms with E-state index in [1.807, 2.05) is 0 Å². The van der Waals surface area contributed by atoms with E-state index >= 15 is 0 Å². The molecule has 0 unspecified atom stereocenters. The molecule has 0 atom stereocenters. The summed E-state index contributed by atoms with van der Waals surface area (Å²) in [5.41, 5.74) is 4.35. The van der Waals surface area contributed by atoms with Crippen LogP contribution in [0.5, 0.6) is 0 Å². The lowest BCUT2D eigenvalue weighted by Crippen LogP contribution is -2.11. The van der Waals surface area contributed by atoms with Crippen molar-refractivity contribution in [3.63, 3.8) is 0 Å². The van der Waals surface area contributed by atoms with Gasteiger partial charge < -0.3 is 0 Å². The van der Waals surface area contributed by atoms with Crippen molar-refractivity contribution in [3.8, 4) is 11.1 Å². The molecule has 1 saturated carbocycles. The fourth-order valence-corrected chi connectivity index (χ4v) is 3.30. The van der Waals surface area contributed by atoms with Gasteiger partial charge in [-0.1, -0.05) is 74.4 Å². The van der Waals surface area contributed by atoms with Crippen LogP contribution in [0.15, 0.2) is 54.6 Å². The van der Waals surface area contributed by atoms with E-state index in [4.69, 9.17) is 0 Å². The van der Waals surface area contributed by atoms with Crippen LogP contribution in [0.4, 0.5) is 0 Å². The van der Waals surface area contributed by atoms with Gasteiger partial charge in [-0.15, -0.1) is 0 Å². The van der Waals surface area contributed by atoms with Crippen molar-refractivity contribution in [1.82, 2.24) is 0 Å². The standard InChI is InChI=1S/C19H22/c1-15-11-13-17(14-12-15)19-10-6-5-9-18(19)16-7-3-2-4-8-16/h2-10,15,17H,11-14H2,1H3. The fourth-order valence-electron chi connectivity index (χ4n) is 3.30. The van der Waals surface area contributed by atoms with Gasteiger partial charge in [-0.3, -0.25) is 0 Å². The van der Waals surface area contributed by atoms with Gasteiger partial charge >= 0.3 is 0 Å². The van der Waals surface area contributed by atoms with E-state index in [-0.39, 0.29) is 0 Å². The van der Waals surface area contributed by atoms with Crippen LogP contribution in [0.25, 0.3) is 11.1 Å². The topological polar surface area (TPSA) is 0 Å². The maximum atomic E-state index is 2.39. The smallest absolute Gasteiger partial charge is 0.0149 e. The second-order valence-electron chi connectivity index (χ2n) is 5.91. The van der Waals surface area contributed by atoms with Gasteiger partial charge in [0.15, 0.2) is 0 Å². The molecule has 1 fully saturated rings. The Labute approximate surface area is 116 Å². The molecule has 0 bridgehead atoms. The van der Waals surface area contributed by atoms with Gasteiger partial charge in [-0.05, 0) is 41.4 Å². The molecule has 0 N–H and O–H groups in total. The van der Waals surface area contributed by atoms with Crippen LogP contribution in [-0.4, -0.2) is 0 Å². The van der Waals surface area contributed by atoms with Crippen LogP contribution in [0.3, 0.4) is 0 Å². The van der Waals surface area contributed by atoms with E-state index in [2.05, 4.69) is 61.5 Å². The molecule has 0 heteroatoms. The first-order valence-electron chi connectivity index (χ1n) is 7.49. The van der Waals surface area contributed by atoms with Gasteiger partial charge in [0.25, 0.3) is 0 Å². The number of benzene rings is 2. The molecule has 0 amide bonds. The lowest BCUT2D eigenvalue weighted by atomic mass is 9.77. The fraction of sp³-hybridized carbons (Fsp3) is 0.368. The third-order valence-electron chi connectivity index (χ3n) is 4.50. The monoisotopic (exact) mass is 250 g/mol. The summed E-state index contributed by atoms with van der Waals surface area (Å²) in [5, 5.41) is 0. The molecule has 3 rings (SSSR count). The summed E-state index contributed by atoms with van der Waals surface area (Å²) in [6.07, 6.45) is 5.47. The molecule has 1 aliphatic carbocycles. The van der Waals surface area contributed by atoms with Gasteiger partial charge in [0.2, 0.25) is 0 Å². The van der Waals surface area contributed by atoms with E-state index < -0.39 is 0 Å². The Hall–Kier alpha value is -1.56. The van der Waals surface area contributed by atoms with Crippen LogP contribution in [0.1, 0.15) is 44.1 Å². The Morgan fingerprint density at radius 2 is 1.37 bits per heavy atom. The van der Waals surface area contributed by atoms with Crippen molar-refractivity contribution in [3.05, 3.63) is 60.2 Å². The third-order valence-corrected chi connectivity index (χ3v) is 4.50. The molecule has 0 aliphatic heterocycles. The van der Waals surface area contributed by atoms with Crippen LogP contribution in [0.2, 0.25) is 0 Å². The zero-order valence-electron chi connectivity index (χ0n) is 11.7. The molecule has 2 aromatic rings. The van der Waals surface area contributed by atoms with Crippen molar-refractivity contribution in [2.75, 3.05) is 0 Å². The first kappa shape index (κ1) is 12.5. The molecular weight excluding hydrogens is 228 g/mol. The predicted octanol–water partition coefficient (Wildman–Crippen LogP) is 5.65. The second-order valence-corrected chi connectivity index (χ2v) is 5.91. The maximum absolute atomic E-state index is 2.39. The average molecular weight is 250 g/mol. The minimum atomic E-state index is 0.757. The van der Waals surface area contributed by atoms with E-state index in [1.54, 1.807) is 5.56 Å². The Bertz CT molecular complexity index is 519. The maximum Gasteiger partial charge on any atom is -0.0149 e. The van der Waals surface area contributed by atoms with Crippen molar-refractivity contribution in [2.24, 2.45) is 5.92 Å². The summed E-state index contributed by atoms with van der Waals surface area (Å²) in [5.74, 6) is 1.67. The van der Waals surface area contributed by atoms with Gasteiger partial charge in [0.1, 0.15) is 0 Å². The molecule has 19 heavy (non-hydrogen) atoms. The highest BCUT2D eigenvalue weighted by molar-refractivity contribution is 5.68. The zero-order chi connectivity index (χ0) is 13.1. The Balaban J connectivity index is 1.94. The first-order valence-corrected chi connectivity index (χ1v) is 7.49. The summed E-state index contributed by atoms with van der Waals surface area (Å²) in [6.45, 7) is 2.39. The Morgan fingerprint density at radius 1 is 0.737 bits per heavy atom. The summed E-state index contributed by atoms with van der Waals surface area (Å²) in [6, 6.07) is 19.8. The Kier molecular flexibility index (Phi) is 3.68. The quantitative estimate of drug-likeness (QED) is 0.646. The van der Waals surface area contributed by atoms with Gasteiger partial charge in [0.05, 0.1) is 0 Å². The molecule has 1 aliphatic rings. The SMILES string of the molecule is CC1CCC(c2ccccc2-c2ccccc2)CC1. The summed E-state index contributed by atoms with van der Waals surface area (Å²) in [4.78, 5) is 0. The van der Waals surface area contributed by atoms with Crippen LogP contribution in [0, 0.1) is 5.92 Å². The summed E-state index contributed by atoms with van der Waals surface area (Å²) in [7, 11) is 0. The highest BCUT2D eigenvalue weighted by Gasteiger charge is 2.21. The minimum absolute atomic E-state index is 0.757. The first-order chi connectivity index (χ1) is 9.34. The second kappa shape index (κ2) is 5.61. The van der Waals surface area contributed by atoms with Crippen LogP contribution in [-0.2, 0) is 0 Å². The summed E-state index contributed by atoms with van der Waals surface area (Å²) < 4.78 is 0. The normalized spacial score (nSPS) is 23.2. The van der Waals surface area contributed by atoms with Gasteiger partial charge in [-0.25, -0.2) is 0 Å². The molecular formula is C19H22. The number of hydrogen-bond acceptors (Lipinski definition) is 0. The molecule has 0 radical (unpaired) electrons. The molecule has 2 aromatic carbocycles. The van der Waals surface area contributed by atoms with Crippen LogP contribution < -0.4 is 0 Å². The summed E-state index contributed by atoms with van der Waals surface area (Å²) >= 11 is 0. The highest BCUT2D eigenvalue weighted by atomic mass is 14.3. The van der Waals surface area contributed by atoms with Gasteiger partial charge in [0, 0.05) is 0 Å². The van der Waals surface area contributed by atoms with E-state index in [0.29, 0.717) is 0 Å². The molecule has 98 valence electrons. The van der Waals surface area contributed by atoms with Crippen molar-refractivity contribution >= 4 is 0 Å². The van der Waals surface area contributed by atoms with Crippen molar-refractivity contribution < 1.29 is 0 Å². The van der Waals surface area contributed by atoms with E-state index in [9.17, 15) is 0 Å². The largest absolute Gasteiger partial charge is 0.0625 e. The molecule has 0 spiro atoms. The molecule has 0 nitrogen and oxygen atoms in total. The molecule has 0 saturated heterocycles. The van der Waals surface area contributed by atoms with E-state index in [0.717, 1.165) is 11.8 Å². The highest BCUT2D eigenvalue weighted by Crippen LogP contribution is 2.39. The number of hydrogen-bond donors (Lipinski definition) is 0.